The van der Waals surface area contributed by atoms with Crippen molar-refractivity contribution in [3.63, 3.8) is 0 Å². The van der Waals surface area contributed by atoms with Crippen molar-refractivity contribution >= 4 is 17.7 Å². The largest absolute Gasteiger partial charge is 0.492 e. The van der Waals surface area contributed by atoms with Gasteiger partial charge in [-0.3, -0.25) is 24.3 Å². The molecule has 1 aliphatic rings. The van der Waals surface area contributed by atoms with Crippen LogP contribution in [0.25, 0.3) is 0 Å². The predicted molar refractivity (Wildman–Crippen MR) is 125 cm³/mol. The van der Waals surface area contributed by atoms with E-state index in [1.165, 1.54) is 4.90 Å². The molecule has 0 unspecified atom stereocenters. The minimum absolute atomic E-state index is 0.0182. The van der Waals surface area contributed by atoms with Crippen molar-refractivity contribution in [2.45, 2.75) is 38.5 Å². The second-order valence-electron chi connectivity index (χ2n) is 8.41. The Bertz CT molecular complexity index is 993. The van der Waals surface area contributed by atoms with Crippen molar-refractivity contribution < 1.29 is 19.1 Å². The number of carbonyl (C=O) groups is 3. The van der Waals surface area contributed by atoms with E-state index in [2.05, 4.69) is 11.6 Å². The Labute approximate surface area is 195 Å². The summed E-state index contributed by atoms with van der Waals surface area (Å²) in [6.07, 6.45) is 3.70. The van der Waals surface area contributed by atoms with Crippen molar-refractivity contribution in [2.24, 2.45) is 0 Å². The lowest BCUT2D eigenvalue weighted by Gasteiger charge is -2.30. The number of hydrogen-bond acceptors (Lipinski definition) is 5. The number of rotatable bonds is 11. The number of pyridine rings is 1. The lowest BCUT2D eigenvalue weighted by molar-refractivity contribution is -0.142. The van der Waals surface area contributed by atoms with Gasteiger partial charge in [0.15, 0.2) is 0 Å². The lowest BCUT2D eigenvalue weighted by Crippen LogP contribution is -2.44. The van der Waals surface area contributed by atoms with Crippen LogP contribution in [0.15, 0.2) is 67.0 Å². The molecule has 0 N–H and O–H groups in total. The second kappa shape index (κ2) is 10.9. The van der Waals surface area contributed by atoms with Crippen LogP contribution in [-0.2, 0) is 19.8 Å². The molecule has 3 rings (SSSR count). The highest BCUT2D eigenvalue weighted by molar-refractivity contribution is 6.10. The highest BCUT2D eigenvalue weighted by atomic mass is 16.5. The standard InChI is InChI=1S/C26H31N3O4/c1-4-28(19-20(2)3)23(30)16-26(21-10-6-5-7-11-21)17-24(31)29(25(26)32)14-9-15-33-22-12-8-13-27-18-22/h5-8,10-13,18H,2,4,9,14-17,19H2,1,3H3/t26-/m0/s1. The van der Waals surface area contributed by atoms with Gasteiger partial charge in [-0.05, 0) is 38.0 Å². The van der Waals surface area contributed by atoms with Crippen molar-refractivity contribution in [3.05, 3.63) is 72.6 Å². The number of hydrogen-bond donors (Lipinski definition) is 0. The van der Waals surface area contributed by atoms with E-state index in [0.29, 0.717) is 37.4 Å². The summed E-state index contributed by atoms with van der Waals surface area (Å²) in [6.45, 7) is 9.18. The Hall–Kier alpha value is -3.48. The van der Waals surface area contributed by atoms with Crippen molar-refractivity contribution in [1.29, 1.82) is 0 Å². The Morgan fingerprint density at radius 3 is 2.61 bits per heavy atom. The van der Waals surface area contributed by atoms with E-state index in [1.807, 2.05) is 44.2 Å². The van der Waals surface area contributed by atoms with Crippen molar-refractivity contribution in [1.82, 2.24) is 14.8 Å². The van der Waals surface area contributed by atoms with Crippen molar-refractivity contribution in [3.8, 4) is 5.75 Å². The number of carbonyl (C=O) groups excluding carboxylic acids is 3. The van der Waals surface area contributed by atoms with E-state index < -0.39 is 5.41 Å². The number of aromatic nitrogens is 1. The monoisotopic (exact) mass is 449 g/mol. The number of imide groups is 1. The zero-order valence-corrected chi connectivity index (χ0v) is 19.3. The highest BCUT2D eigenvalue weighted by Crippen LogP contribution is 2.40. The summed E-state index contributed by atoms with van der Waals surface area (Å²) in [4.78, 5) is 46.7. The van der Waals surface area contributed by atoms with Gasteiger partial charge in [-0.25, -0.2) is 0 Å². The molecule has 0 saturated carbocycles. The third-order valence-corrected chi connectivity index (χ3v) is 5.81. The minimum atomic E-state index is -1.19. The molecule has 1 fully saturated rings. The molecule has 3 amide bonds. The number of ether oxygens (including phenoxy) is 1. The van der Waals surface area contributed by atoms with Gasteiger partial charge < -0.3 is 9.64 Å². The maximum atomic E-state index is 13.6. The van der Waals surface area contributed by atoms with Gasteiger partial charge >= 0.3 is 0 Å². The Morgan fingerprint density at radius 2 is 1.97 bits per heavy atom. The summed E-state index contributed by atoms with van der Waals surface area (Å²) in [6, 6.07) is 12.7. The summed E-state index contributed by atoms with van der Waals surface area (Å²) < 4.78 is 5.64. The minimum Gasteiger partial charge on any atom is -0.492 e. The molecular weight excluding hydrogens is 418 g/mol. The summed E-state index contributed by atoms with van der Waals surface area (Å²) in [5.41, 5.74) is 0.363. The van der Waals surface area contributed by atoms with Crippen LogP contribution in [0.1, 0.15) is 38.7 Å². The van der Waals surface area contributed by atoms with Gasteiger partial charge in [-0.2, -0.15) is 0 Å². The van der Waals surface area contributed by atoms with Crippen LogP contribution < -0.4 is 4.74 Å². The fourth-order valence-electron chi connectivity index (χ4n) is 4.17. The Morgan fingerprint density at radius 1 is 1.21 bits per heavy atom. The molecule has 1 saturated heterocycles. The SMILES string of the molecule is C=C(C)CN(CC)C(=O)C[C@@]1(c2ccccc2)CC(=O)N(CCCOc2cccnc2)C1=O. The van der Waals surface area contributed by atoms with Crippen LogP contribution in [0.3, 0.4) is 0 Å². The summed E-state index contributed by atoms with van der Waals surface area (Å²) in [5.74, 6) is -0.106. The first-order valence-corrected chi connectivity index (χ1v) is 11.2. The molecular formula is C26H31N3O4. The fraction of sp³-hybridized carbons (Fsp3) is 0.385. The van der Waals surface area contributed by atoms with Gasteiger partial charge in [0.1, 0.15) is 5.75 Å². The molecule has 1 atom stereocenters. The Balaban J connectivity index is 1.76. The first kappa shape index (κ1) is 24.2. The number of benzene rings is 1. The third-order valence-electron chi connectivity index (χ3n) is 5.81. The van der Waals surface area contributed by atoms with Crippen LogP contribution in [-0.4, -0.2) is 58.7 Å². The number of amides is 3. The molecule has 33 heavy (non-hydrogen) atoms. The molecule has 0 bridgehead atoms. The number of likely N-dealkylation sites (tertiary alicyclic amines) is 1. The maximum absolute atomic E-state index is 13.6. The second-order valence-corrected chi connectivity index (χ2v) is 8.41. The predicted octanol–water partition coefficient (Wildman–Crippen LogP) is 3.36. The number of likely N-dealkylation sites (N-methyl/N-ethyl adjacent to an activating group) is 1. The molecule has 7 nitrogen and oxygen atoms in total. The first-order valence-electron chi connectivity index (χ1n) is 11.2. The smallest absolute Gasteiger partial charge is 0.240 e. The maximum Gasteiger partial charge on any atom is 0.240 e. The molecule has 1 aromatic heterocycles. The quantitative estimate of drug-likeness (QED) is 0.299. The van der Waals surface area contributed by atoms with E-state index in [1.54, 1.807) is 29.4 Å². The van der Waals surface area contributed by atoms with E-state index >= 15 is 0 Å². The molecule has 174 valence electrons. The zero-order valence-electron chi connectivity index (χ0n) is 19.3. The average Bonchev–Trinajstić information content (AvgIpc) is 3.06. The summed E-state index contributed by atoms with van der Waals surface area (Å²) >= 11 is 0. The molecule has 2 aromatic rings. The van der Waals surface area contributed by atoms with Crippen LogP contribution in [0.4, 0.5) is 0 Å². The van der Waals surface area contributed by atoms with Gasteiger partial charge in [0.25, 0.3) is 0 Å². The fourth-order valence-corrected chi connectivity index (χ4v) is 4.17. The normalized spacial score (nSPS) is 17.8. The summed E-state index contributed by atoms with van der Waals surface area (Å²) in [5, 5.41) is 0. The average molecular weight is 450 g/mol. The van der Waals surface area contributed by atoms with Gasteiger partial charge in [-0.15, -0.1) is 0 Å². The molecule has 1 aromatic carbocycles. The zero-order chi connectivity index (χ0) is 23.8. The van der Waals surface area contributed by atoms with Crippen LogP contribution >= 0.6 is 0 Å². The third kappa shape index (κ3) is 5.66. The first-order chi connectivity index (χ1) is 15.9. The van der Waals surface area contributed by atoms with E-state index in [9.17, 15) is 14.4 Å². The molecule has 0 radical (unpaired) electrons. The van der Waals surface area contributed by atoms with Gasteiger partial charge in [-0.1, -0.05) is 42.5 Å². The van der Waals surface area contributed by atoms with Gasteiger partial charge in [0, 0.05) is 38.7 Å². The van der Waals surface area contributed by atoms with Gasteiger partial charge in [0.2, 0.25) is 17.7 Å². The van der Waals surface area contributed by atoms with Crippen LogP contribution in [0, 0.1) is 0 Å². The Kier molecular flexibility index (Phi) is 7.98. The number of nitrogens with zero attached hydrogens (tertiary/aromatic N) is 3. The van der Waals surface area contributed by atoms with Crippen LogP contribution in [0.2, 0.25) is 0 Å². The molecule has 2 heterocycles. The van der Waals surface area contributed by atoms with Crippen molar-refractivity contribution in [2.75, 3.05) is 26.2 Å². The lowest BCUT2D eigenvalue weighted by atomic mass is 9.75. The molecule has 0 spiro atoms. The molecule has 7 heteroatoms. The van der Waals surface area contributed by atoms with Gasteiger partial charge in [0.05, 0.1) is 18.2 Å². The van der Waals surface area contributed by atoms with Crippen LogP contribution in [0.5, 0.6) is 5.75 Å². The summed E-state index contributed by atoms with van der Waals surface area (Å²) in [7, 11) is 0. The topological polar surface area (TPSA) is 79.8 Å². The van der Waals surface area contributed by atoms with E-state index in [-0.39, 0.29) is 37.1 Å². The van der Waals surface area contributed by atoms with E-state index in [4.69, 9.17) is 4.74 Å². The molecule has 1 aliphatic heterocycles. The highest BCUT2D eigenvalue weighted by Gasteiger charge is 2.53. The molecule has 0 aliphatic carbocycles. The van der Waals surface area contributed by atoms with E-state index in [0.717, 1.165) is 5.57 Å².